The normalized spacial score (nSPS) is 14.1. The molecule has 0 bridgehead atoms. The van der Waals surface area contributed by atoms with Crippen LogP contribution in [0, 0.1) is 0 Å². The quantitative estimate of drug-likeness (QED) is 0.577. The van der Waals surface area contributed by atoms with Crippen LogP contribution in [0.15, 0.2) is 36.4 Å². The van der Waals surface area contributed by atoms with Crippen LogP contribution in [0.5, 0.6) is 0 Å². The fourth-order valence-corrected chi connectivity index (χ4v) is 3.61. The molecule has 1 amide bonds. The van der Waals surface area contributed by atoms with Gasteiger partial charge >= 0.3 is 5.97 Å². The molecule has 2 N–H and O–H groups in total. The molecule has 1 aliphatic rings. The lowest BCUT2D eigenvalue weighted by molar-refractivity contribution is -0.134. The highest BCUT2D eigenvalue weighted by Crippen LogP contribution is 2.28. The summed E-state index contributed by atoms with van der Waals surface area (Å²) in [6.07, 6.45) is 0. The van der Waals surface area contributed by atoms with Crippen molar-refractivity contribution < 1.29 is 14.3 Å². The maximum absolute atomic E-state index is 12.4. The van der Waals surface area contributed by atoms with Gasteiger partial charge < -0.3 is 20.3 Å². The van der Waals surface area contributed by atoms with E-state index in [1.165, 1.54) is 12.1 Å². The largest absolute Gasteiger partial charge is 0.452 e. The van der Waals surface area contributed by atoms with Gasteiger partial charge in [0, 0.05) is 41.9 Å². The first-order valence-corrected chi connectivity index (χ1v) is 9.68. The van der Waals surface area contributed by atoms with Gasteiger partial charge in [0.2, 0.25) is 0 Å². The van der Waals surface area contributed by atoms with Gasteiger partial charge in [-0.2, -0.15) is 0 Å². The number of benzene rings is 2. The van der Waals surface area contributed by atoms with Crippen molar-refractivity contribution in [3.05, 3.63) is 57.0 Å². The lowest BCUT2D eigenvalue weighted by Gasteiger charge is -2.36. The van der Waals surface area contributed by atoms with Crippen LogP contribution in [0.25, 0.3) is 0 Å². The van der Waals surface area contributed by atoms with Gasteiger partial charge in [0.1, 0.15) is 0 Å². The monoisotopic (exact) mass is 441 g/mol. The number of rotatable bonds is 4. The van der Waals surface area contributed by atoms with E-state index in [9.17, 15) is 9.59 Å². The van der Waals surface area contributed by atoms with E-state index in [0.717, 1.165) is 5.69 Å². The van der Waals surface area contributed by atoms with Gasteiger partial charge in [-0.25, -0.2) is 4.79 Å². The summed E-state index contributed by atoms with van der Waals surface area (Å²) in [6, 6.07) is 10.4. The molecule has 0 aromatic heterocycles. The van der Waals surface area contributed by atoms with E-state index in [1.54, 1.807) is 4.90 Å². The van der Waals surface area contributed by atoms with E-state index >= 15 is 0 Å². The fraction of sp³-hybridized carbons (Fsp3) is 0.263. The Morgan fingerprint density at radius 2 is 1.71 bits per heavy atom. The highest BCUT2D eigenvalue weighted by Gasteiger charge is 2.23. The Bertz CT molecular complexity index is 899. The van der Waals surface area contributed by atoms with Gasteiger partial charge in [0.05, 0.1) is 16.3 Å². The average molecular weight is 443 g/mol. The molecule has 0 atom stereocenters. The molecule has 0 unspecified atom stereocenters. The fourth-order valence-electron chi connectivity index (χ4n) is 2.94. The Morgan fingerprint density at radius 1 is 1.00 bits per heavy atom. The van der Waals surface area contributed by atoms with E-state index in [2.05, 4.69) is 4.90 Å². The summed E-state index contributed by atoms with van der Waals surface area (Å²) in [7, 11) is 0. The van der Waals surface area contributed by atoms with Crippen LogP contribution in [0.1, 0.15) is 10.4 Å². The second-order valence-corrected chi connectivity index (χ2v) is 7.55. The van der Waals surface area contributed by atoms with Crippen LogP contribution < -0.4 is 10.6 Å². The summed E-state index contributed by atoms with van der Waals surface area (Å²) >= 11 is 17.8. The third-order valence-electron chi connectivity index (χ3n) is 4.45. The molecule has 9 heteroatoms. The molecule has 2 aromatic carbocycles. The zero-order valence-electron chi connectivity index (χ0n) is 14.8. The molecule has 1 heterocycles. The van der Waals surface area contributed by atoms with Crippen molar-refractivity contribution >= 4 is 58.1 Å². The van der Waals surface area contributed by atoms with Crippen molar-refractivity contribution in [3.63, 3.8) is 0 Å². The van der Waals surface area contributed by atoms with Gasteiger partial charge in [-0.1, -0.05) is 40.9 Å². The van der Waals surface area contributed by atoms with Crippen LogP contribution >= 0.6 is 34.8 Å². The van der Waals surface area contributed by atoms with E-state index < -0.39 is 5.97 Å². The minimum Gasteiger partial charge on any atom is -0.452 e. The molecule has 0 radical (unpaired) electrons. The van der Waals surface area contributed by atoms with Crippen molar-refractivity contribution in [2.45, 2.75) is 0 Å². The predicted octanol–water partition coefficient (Wildman–Crippen LogP) is 3.73. The number of carbonyl (C=O) groups is 2. The van der Waals surface area contributed by atoms with Crippen LogP contribution in [-0.2, 0) is 9.53 Å². The van der Waals surface area contributed by atoms with Crippen LogP contribution in [0.2, 0.25) is 15.1 Å². The molecule has 0 aliphatic carbocycles. The molecular weight excluding hydrogens is 425 g/mol. The van der Waals surface area contributed by atoms with Crippen molar-refractivity contribution in [1.82, 2.24) is 4.90 Å². The zero-order valence-corrected chi connectivity index (χ0v) is 17.1. The number of hydrogen-bond acceptors (Lipinski definition) is 5. The molecule has 0 saturated carbocycles. The lowest BCUT2D eigenvalue weighted by Crippen LogP contribution is -2.49. The zero-order chi connectivity index (χ0) is 20.3. The van der Waals surface area contributed by atoms with E-state index in [0.29, 0.717) is 31.2 Å². The summed E-state index contributed by atoms with van der Waals surface area (Å²) in [5.41, 5.74) is 6.90. The minimum atomic E-state index is -0.743. The molecule has 1 saturated heterocycles. The number of esters is 1. The first kappa shape index (κ1) is 20.6. The van der Waals surface area contributed by atoms with Gasteiger partial charge in [0.15, 0.2) is 6.61 Å². The lowest BCUT2D eigenvalue weighted by atomic mass is 10.2. The average Bonchev–Trinajstić information content (AvgIpc) is 2.68. The Kier molecular flexibility index (Phi) is 6.54. The second kappa shape index (κ2) is 8.90. The topological polar surface area (TPSA) is 75.9 Å². The number of anilines is 2. The summed E-state index contributed by atoms with van der Waals surface area (Å²) in [4.78, 5) is 28.4. The Labute approximate surface area is 177 Å². The summed E-state index contributed by atoms with van der Waals surface area (Å²) in [5.74, 6) is -1.02. The highest BCUT2D eigenvalue weighted by molar-refractivity contribution is 6.37. The molecule has 1 aliphatic heterocycles. The van der Waals surface area contributed by atoms with Crippen molar-refractivity contribution in [1.29, 1.82) is 0 Å². The Hall–Kier alpha value is -2.15. The summed E-state index contributed by atoms with van der Waals surface area (Å²) in [6.45, 7) is 2.00. The molecule has 0 spiro atoms. The number of ether oxygens (including phenoxy) is 1. The number of nitrogens with two attached hydrogens (primary N) is 1. The standard InChI is InChI=1S/C19H18Cl3N3O3/c20-12-2-1-3-14(8-12)24-4-6-25(7-5-24)17(26)11-28-19(27)15-9-13(21)10-16(22)18(15)23/h1-3,8-10H,4-7,11,23H2. The number of carbonyl (C=O) groups excluding carboxylic acids is 2. The highest BCUT2D eigenvalue weighted by atomic mass is 35.5. The Balaban J connectivity index is 1.53. The molecule has 3 rings (SSSR count). The summed E-state index contributed by atoms with van der Waals surface area (Å²) < 4.78 is 5.10. The summed E-state index contributed by atoms with van der Waals surface area (Å²) in [5, 5.41) is 1.08. The van der Waals surface area contributed by atoms with E-state index in [4.69, 9.17) is 45.3 Å². The van der Waals surface area contributed by atoms with Crippen molar-refractivity contribution in [2.75, 3.05) is 43.4 Å². The second-order valence-electron chi connectivity index (χ2n) is 6.27. The molecule has 148 valence electrons. The molecule has 6 nitrogen and oxygen atoms in total. The van der Waals surface area contributed by atoms with E-state index in [1.807, 2.05) is 24.3 Å². The first-order valence-electron chi connectivity index (χ1n) is 8.55. The molecule has 2 aromatic rings. The molecule has 1 fully saturated rings. The predicted molar refractivity (Wildman–Crippen MR) is 111 cm³/mol. The van der Waals surface area contributed by atoms with Crippen LogP contribution in [-0.4, -0.2) is 49.6 Å². The van der Waals surface area contributed by atoms with Gasteiger partial charge in [-0.3, -0.25) is 4.79 Å². The maximum atomic E-state index is 12.4. The van der Waals surface area contributed by atoms with E-state index in [-0.39, 0.29) is 33.8 Å². The number of hydrogen-bond donors (Lipinski definition) is 1. The molecular formula is C19H18Cl3N3O3. The SMILES string of the molecule is Nc1c(Cl)cc(Cl)cc1C(=O)OCC(=O)N1CCN(c2cccc(Cl)c2)CC1. The smallest absolute Gasteiger partial charge is 0.340 e. The van der Waals surface area contributed by atoms with Crippen molar-refractivity contribution in [3.8, 4) is 0 Å². The third-order valence-corrected chi connectivity index (χ3v) is 5.21. The number of amides is 1. The number of piperazine rings is 1. The van der Waals surface area contributed by atoms with Crippen molar-refractivity contribution in [2.24, 2.45) is 0 Å². The Morgan fingerprint density at radius 3 is 2.39 bits per heavy atom. The third kappa shape index (κ3) is 4.82. The maximum Gasteiger partial charge on any atom is 0.340 e. The van der Waals surface area contributed by atoms with Gasteiger partial charge in [0.25, 0.3) is 5.91 Å². The first-order chi connectivity index (χ1) is 13.3. The number of nitrogen functional groups attached to an aromatic ring is 1. The molecule has 28 heavy (non-hydrogen) atoms. The number of halogens is 3. The minimum absolute atomic E-state index is 0.0380. The van der Waals surface area contributed by atoms with Gasteiger partial charge in [-0.15, -0.1) is 0 Å². The van der Waals surface area contributed by atoms with Crippen LogP contribution in [0.3, 0.4) is 0 Å². The van der Waals surface area contributed by atoms with Crippen LogP contribution in [0.4, 0.5) is 11.4 Å². The van der Waals surface area contributed by atoms with Gasteiger partial charge in [-0.05, 0) is 30.3 Å². The number of nitrogens with zero attached hydrogens (tertiary/aromatic N) is 2.